The third-order valence-electron chi connectivity index (χ3n) is 10.3. The van der Waals surface area contributed by atoms with Crippen molar-refractivity contribution < 1.29 is 4.42 Å². The summed E-state index contributed by atoms with van der Waals surface area (Å²) in [6.07, 6.45) is 0. The molecule has 0 N–H and O–H groups in total. The smallest absolute Gasteiger partial charge is 0.143 e. The van der Waals surface area contributed by atoms with Crippen LogP contribution in [0.3, 0.4) is 0 Å². The second kappa shape index (κ2) is 12.5. The number of hydrogen-bond donors (Lipinski definition) is 0. The maximum atomic E-state index is 6.64. The van der Waals surface area contributed by atoms with Crippen LogP contribution < -0.4 is 4.90 Å². The molecule has 0 bridgehead atoms. The molecule has 9 aromatic carbocycles. The average molecular weight is 664 g/mol. The lowest BCUT2D eigenvalue weighted by Gasteiger charge is -2.30. The Labute approximate surface area is 302 Å². The molecule has 1 aromatic heterocycles. The van der Waals surface area contributed by atoms with E-state index in [4.69, 9.17) is 4.42 Å². The number of furan rings is 1. The molecule has 0 atom stereocenters. The summed E-state index contributed by atoms with van der Waals surface area (Å²) < 4.78 is 6.64. The van der Waals surface area contributed by atoms with Gasteiger partial charge in [0.2, 0.25) is 0 Å². The molecule has 10 rings (SSSR count). The van der Waals surface area contributed by atoms with Gasteiger partial charge in [-0.25, -0.2) is 0 Å². The lowest BCUT2D eigenvalue weighted by atomic mass is 9.92. The largest absolute Gasteiger partial charge is 0.455 e. The van der Waals surface area contributed by atoms with Crippen molar-refractivity contribution in [1.29, 1.82) is 0 Å². The maximum absolute atomic E-state index is 6.64. The van der Waals surface area contributed by atoms with Gasteiger partial charge in [0.1, 0.15) is 11.2 Å². The Morgan fingerprint density at radius 1 is 0.327 bits per heavy atom. The van der Waals surface area contributed by atoms with Gasteiger partial charge in [-0.3, -0.25) is 0 Å². The van der Waals surface area contributed by atoms with Crippen LogP contribution in [0.25, 0.3) is 76.9 Å². The summed E-state index contributed by atoms with van der Waals surface area (Å²) in [7, 11) is 0. The van der Waals surface area contributed by atoms with Crippen LogP contribution in [0.2, 0.25) is 0 Å². The predicted molar refractivity (Wildman–Crippen MR) is 220 cm³/mol. The van der Waals surface area contributed by atoms with Crippen molar-refractivity contribution >= 4 is 60.5 Å². The second-order valence-corrected chi connectivity index (χ2v) is 13.3. The first-order valence-corrected chi connectivity index (χ1v) is 17.8. The van der Waals surface area contributed by atoms with Crippen LogP contribution in [-0.4, -0.2) is 0 Å². The first-order valence-electron chi connectivity index (χ1n) is 17.8. The fourth-order valence-corrected chi connectivity index (χ4v) is 7.88. The minimum absolute atomic E-state index is 0.892. The van der Waals surface area contributed by atoms with Crippen LogP contribution in [0, 0.1) is 0 Å². The van der Waals surface area contributed by atoms with Crippen molar-refractivity contribution in [3.05, 3.63) is 200 Å². The number of fused-ring (bicyclic) bond motifs is 6. The van der Waals surface area contributed by atoms with E-state index in [1.54, 1.807) is 0 Å². The molecule has 0 saturated heterocycles. The lowest BCUT2D eigenvalue weighted by molar-refractivity contribution is 0.670. The summed E-state index contributed by atoms with van der Waals surface area (Å²) in [5.74, 6) is 0. The molecule has 0 aliphatic carbocycles. The Kier molecular flexibility index (Phi) is 7.18. The molecular weight excluding hydrogens is 631 g/mol. The highest BCUT2D eigenvalue weighted by atomic mass is 16.3. The topological polar surface area (TPSA) is 16.4 Å². The molecule has 244 valence electrons. The van der Waals surface area contributed by atoms with Gasteiger partial charge in [-0.15, -0.1) is 0 Å². The minimum Gasteiger partial charge on any atom is -0.455 e. The Hall–Kier alpha value is -6.90. The number of rotatable bonds is 6. The van der Waals surface area contributed by atoms with E-state index in [0.717, 1.165) is 50.1 Å². The number of benzene rings is 9. The molecule has 2 nitrogen and oxygen atoms in total. The van der Waals surface area contributed by atoms with Gasteiger partial charge in [0.25, 0.3) is 0 Å². The Morgan fingerprint density at radius 2 is 0.923 bits per heavy atom. The van der Waals surface area contributed by atoms with Gasteiger partial charge < -0.3 is 9.32 Å². The predicted octanol–water partition coefficient (Wildman–Crippen LogP) is 14.4. The monoisotopic (exact) mass is 663 g/mol. The standard InChI is InChI=1S/C50H33NO/c1-3-16-34(17-4-1)39-31-30-37(33-46(39)35-18-5-2-6-19-35)51(48-32-36-20-7-8-21-38(36)40-22-9-10-23-41(40)48)47-28-13-11-24-42(47)44-26-15-27-45-43-25-12-14-29-49(43)52-50(44)45/h1-33H. The van der Waals surface area contributed by atoms with E-state index in [-0.39, 0.29) is 0 Å². The number of nitrogens with zero attached hydrogens (tertiary/aromatic N) is 1. The van der Waals surface area contributed by atoms with E-state index in [2.05, 4.69) is 199 Å². The maximum Gasteiger partial charge on any atom is 0.143 e. The zero-order valence-corrected chi connectivity index (χ0v) is 28.4. The molecule has 0 amide bonds. The molecular formula is C50H33NO. The van der Waals surface area contributed by atoms with Crippen LogP contribution in [0.15, 0.2) is 205 Å². The van der Waals surface area contributed by atoms with Gasteiger partial charge in [0.15, 0.2) is 0 Å². The van der Waals surface area contributed by atoms with Gasteiger partial charge in [-0.2, -0.15) is 0 Å². The molecule has 1 heterocycles. The normalized spacial score (nSPS) is 11.5. The molecule has 0 radical (unpaired) electrons. The highest BCUT2D eigenvalue weighted by molar-refractivity contribution is 6.16. The first kappa shape index (κ1) is 30.0. The van der Waals surface area contributed by atoms with Gasteiger partial charge >= 0.3 is 0 Å². The highest BCUT2D eigenvalue weighted by Gasteiger charge is 2.23. The summed E-state index contributed by atoms with van der Waals surface area (Å²) in [5.41, 5.74) is 11.9. The van der Waals surface area contributed by atoms with Crippen molar-refractivity contribution in [3.8, 4) is 33.4 Å². The molecule has 52 heavy (non-hydrogen) atoms. The number of anilines is 3. The summed E-state index contributed by atoms with van der Waals surface area (Å²) in [6, 6.07) is 71.7. The first-order chi connectivity index (χ1) is 25.8. The SMILES string of the molecule is c1ccc(-c2ccc(N(c3ccccc3-c3cccc4c3oc3ccccc34)c3cc4ccccc4c4ccccc34)cc2-c2ccccc2)cc1. The second-order valence-electron chi connectivity index (χ2n) is 13.3. The molecule has 0 spiro atoms. The Morgan fingerprint density at radius 3 is 1.73 bits per heavy atom. The molecule has 0 fully saturated rings. The van der Waals surface area contributed by atoms with Crippen molar-refractivity contribution in [2.24, 2.45) is 0 Å². The minimum atomic E-state index is 0.892. The van der Waals surface area contributed by atoms with E-state index in [1.165, 1.54) is 43.8 Å². The van der Waals surface area contributed by atoms with Crippen LogP contribution in [0.4, 0.5) is 17.1 Å². The third-order valence-corrected chi connectivity index (χ3v) is 10.3. The van der Waals surface area contributed by atoms with Gasteiger partial charge in [0, 0.05) is 33.0 Å². The molecule has 0 saturated carbocycles. The van der Waals surface area contributed by atoms with Crippen molar-refractivity contribution in [2.75, 3.05) is 4.90 Å². The number of para-hydroxylation sites is 3. The van der Waals surface area contributed by atoms with E-state index < -0.39 is 0 Å². The fraction of sp³-hybridized carbons (Fsp3) is 0. The van der Waals surface area contributed by atoms with E-state index in [9.17, 15) is 0 Å². The zero-order valence-electron chi connectivity index (χ0n) is 28.4. The van der Waals surface area contributed by atoms with E-state index in [0.29, 0.717) is 0 Å². The van der Waals surface area contributed by atoms with Crippen molar-refractivity contribution in [1.82, 2.24) is 0 Å². The van der Waals surface area contributed by atoms with Gasteiger partial charge in [-0.1, -0.05) is 170 Å². The molecule has 0 aliphatic rings. The summed E-state index contributed by atoms with van der Waals surface area (Å²) in [4.78, 5) is 2.45. The van der Waals surface area contributed by atoms with E-state index in [1.807, 2.05) is 6.07 Å². The Balaban J connectivity index is 1.29. The summed E-state index contributed by atoms with van der Waals surface area (Å²) in [6.45, 7) is 0. The van der Waals surface area contributed by atoms with Crippen molar-refractivity contribution in [3.63, 3.8) is 0 Å². The molecule has 0 aliphatic heterocycles. The Bertz CT molecular complexity index is 2910. The fourth-order valence-electron chi connectivity index (χ4n) is 7.88. The molecule has 10 aromatic rings. The quantitative estimate of drug-likeness (QED) is 0.165. The van der Waals surface area contributed by atoms with Crippen molar-refractivity contribution in [2.45, 2.75) is 0 Å². The molecule has 0 unspecified atom stereocenters. The van der Waals surface area contributed by atoms with Gasteiger partial charge in [-0.05, 0) is 68.7 Å². The lowest BCUT2D eigenvalue weighted by Crippen LogP contribution is -2.12. The summed E-state index contributed by atoms with van der Waals surface area (Å²) in [5, 5.41) is 7.09. The average Bonchev–Trinajstić information content (AvgIpc) is 3.61. The number of hydrogen-bond acceptors (Lipinski definition) is 2. The van der Waals surface area contributed by atoms with Crippen LogP contribution >= 0.6 is 0 Å². The third kappa shape index (κ3) is 4.96. The molecule has 2 heteroatoms. The highest BCUT2D eigenvalue weighted by Crippen LogP contribution is 2.48. The van der Waals surface area contributed by atoms with Crippen LogP contribution in [-0.2, 0) is 0 Å². The van der Waals surface area contributed by atoms with E-state index >= 15 is 0 Å². The summed E-state index contributed by atoms with van der Waals surface area (Å²) >= 11 is 0. The van der Waals surface area contributed by atoms with Crippen LogP contribution in [0.1, 0.15) is 0 Å². The van der Waals surface area contributed by atoms with Gasteiger partial charge in [0.05, 0.1) is 11.4 Å². The van der Waals surface area contributed by atoms with Crippen LogP contribution in [0.5, 0.6) is 0 Å². The zero-order chi connectivity index (χ0) is 34.4.